The van der Waals surface area contributed by atoms with Crippen molar-refractivity contribution >= 4 is 32.7 Å². The highest BCUT2D eigenvalue weighted by Crippen LogP contribution is 2.20. The topological polar surface area (TPSA) is 26.3 Å². The fourth-order valence-electron chi connectivity index (χ4n) is 2.21. The zero-order valence-corrected chi connectivity index (χ0v) is 12.8. The molecule has 3 aromatic rings. The van der Waals surface area contributed by atoms with E-state index >= 15 is 0 Å². The molecule has 2 nitrogen and oxygen atoms in total. The number of halogens is 1. The standard InChI is InChI=1S/C18H13BrO2/c19-15-10-8-13(9-11-15)12-21-18(20)17-7-3-5-14-4-1-2-6-16(14)17/h1-11H,12H2. The van der Waals surface area contributed by atoms with Gasteiger partial charge in [-0.2, -0.15) is 0 Å². The van der Waals surface area contributed by atoms with Crippen molar-refractivity contribution in [3.05, 3.63) is 82.3 Å². The van der Waals surface area contributed by atoms with E-state index in [1.165, 1.54) is 0 Å². The summed E-state index contributed by atoms with van der Waals surface area (Å²) in [6.45, 7) is 0.273. The Labute approximate surface area is 131 Å². The lowest BCUT2D eigenvalue weighted by molar-refractivity contribution is 0.0475. The molecular weight excluding hydrogens is 328 g/mol. The molecule has 0 amide bonds. The summed E-state index contributed by atoms with van der Waals surface area (Å²) in [6.07, 6.45) is 0. The predicted molar refractivity (Wildman–Crippen MR) is 87.2 cm³/mol. The van der Waals surface area contributed by atoms with Gasteiger partial charge in [-0.1, -0.05) is 64.5 Å². The lowest BCUT2D eigenvalue weighted by Crippen LogP contribution is -2.05. The van der Waals surface area contributed by atoms with Crippen LogP contribution in [-0.2, 0) is 11.3 Å². The monoisotopic (exact) mass is 340 g/mol. The van der Waals surface area contributed by atoms with Crippen molar-refractivity contribution in [2.75, 3.05) is 0 Å². The lowest BCUT2D eigenvalue weighted by atomic mass is 10.0. The molecule has 0 atom stereocenters. The minimum absolute atomic E-state index is 0.273. The van der Waals surface area contributed by atoms with E-state index in [9.17, 15) is 4.79 Å². The molecule has 0 aliphatic carbocycles. The van der Waals surface area contributed by atoms with Crippen molar-refractivity contribution in [1.82, 2.24) is 0 Å². The Kier molecular flexibility index (Phi) is 4.02. The van der Waals surface area contributed by atoms with E-state index in [1.54, 1.807) is 6.07 Å². The van der Waals surface area contributed by atoms with Crippen LogP contribution in [-0.4, -0.2) is 5.97 Å². The van der Waals surface area contributed by atoms with E-state index < -0.39 is 0 Å². The zero-order chi connectivity index (χ0) is 14.7. The van der Waals surface area contributed by atoms with E-state index in [1.807, 2.05) is 60.7 Å². The SMILES string of the molecule is O=C(OCc1ccc(Br)cc1)c1cccc2ccccc12. The minimum atomic E-state index is -0.297. The third kappa shape index (κ3) is 3.14. The van der Waals surface area contributed by atoms with Gasteiger partial charge in [0.05, 0.1) is 5.56 Å². The second-order valence-corrected chi connectivity index (χ2v) is 5.64. The quantitative estimate of drug-likeness (QED) is 0.630. The van der Waals surface area contributed by atoms with Crippen LogP contribution in [0.1, 0.15) is 15.9 Å². The second-order valence-electron chi connectivity index (χ2n) is 4.73. The summed E-state index contributed by atoms with van der Waals surface area (Å²) in [6, 6.07) is 21.2. The van der Waals surface area contributed by atoms with Crippen LogP contribution >= 0.6 is 15.9 Å². The molecule has 0 saturated heterocycles. The van der Waals surface area contributed by atoms with Crippen molar-refractivity contribution in [2.24, 2.45) is 0 Å². The van der Waals surface area contributed by atoms with Crippen molar-refractivity contribution in [1.29, 1.82) is 0 Å². The van der Waals surface area contributed by atoms with Gasteiger partial charge in [-0.25, -0.2) is 4.79 Å². The Morgan fingerprint density at radius 3 is 2.43 bits per heavy atom. The fraction of sp³-hybridized carbons (Fsp3) is 0.0556. The van der Waals surface area contributed by atoms with Gasteiger partial charge in [0.2, 0.25) is 0 Å². The first-order valence-electron chi connectivity index (χ1n) is 6.63. The maximum absolute atomic E-state index is 12.3. The molecule has 3 rings (SSSR count). The zero-order valence-electron chi connectivity index (χ0n) is 11.3. The van der Waals surface area contributed by atoms with Crippen molar-refractivity contribution in [3.63, 3.8) is 0 Å². The summed E-state index contributed by atoms with van der Waals surface area (Å²) in [5.74, 6) is -0.297. The lowest BCUT2D eigenvalue weighted by Gasteiger charge is -2.07. The van der Waals surface area contributed by atoms with Crippen LogP contribution in [0.25, 0.3) is 10.8 Å². The summed E-state index contributed by atoms with van der Waals surface area (Å²) >= 11 is 3.38. The third-order valence-corrected chi connectivity index (χ3v) is 3.82. The number of esters is 1. The first kappa shape index (κ1) is 13.8. The maximum atomic E-state index is 12.3. The van der Waals surface area contributed by atoms with Crippen LogP contribution < -0.4 is 0 Å². The van der Waals surface area contributed by atoms with Crippen LogP contribution in [0.3, 0.4) is 0 Å². The normalized spacial score (nSPS) is 10.5. The molecule has 0 N–H and O–H groups in total. The summed E-state index contributed by atoms with van der Waals surface area (Å²) in [5.41, 5.74) is 1.57. The Hall–Kier alpha value is -2.13. The molecule has 0 aliphatic rings. The van der Waals surface area contributed by atoms with Crippen LogP contribution in [0.5, 0.6) is 0 Å². The summed E-state index contributed by atoms with van der Waals surface area (Å²) in [5, 5.41) is 1.95. The Morgan fingerprint density at radius 1 is 0.905 bits per heavy atom. The van der Waals surface area contributed by atoms with E-state index in [0.29, 0.717) is 5.56 Å². The molecule has 0 unspecified atom stereocenters. The van der Waals surface area contributed by atoms with Crippen LogP contribution in [0, 0.1) is 0 Å². The Bertz CT molecular complexity index is 773. The number of benzene rings is 3. The molecule has 0 aliphatic heterocycles. The van der Waals surface area contributed by atoms with E-state index in [2.05, 4.69) is 15.9 Å². The van der Waals surface area contributed by atoms with Gasteiger partial charge in [0, 0.05) is 4.47 Å². The molecular formula is C18H13BrO2. The summed E-state index contributed by atoms with van der Waals surface area (Å²) < 4.78 is 6.41. The molecule has 104 valence electrons. The largest absolute Gasteiger partial charge is 0.457 e. The number of rotatable bonds is 3. The minimum Gasteiger partial charge on any atom is -0.457 e. The van der Waals surface area contributed by atoms with Crippen molar-refractivity contribution < 1.29 is 9.53 Å². The van der Waals surface area contributed by atoms with Crippen LogP contribution in [0.2, 0.25) is 0 Å². The van der Waals surface area contributed by atoms with Gasteiger partial charge in [0.1, 0.15) is 6.61 Å². The average molecular weight is 341 g/mol. The van der Waals surface area contributed by atoms with Gasteiger partial charge in [-0.05, 0) is 34.5 Å². The van der Waals surface area contributed by atoms with Crippen molar-refractivity contribution in [2.45, 2.75) is 6.61 Å². The molecule has 0 aromatic heterocycles. The molecule has 0 bridgehead atoms. The molecule has 3 aromatic carbocycles. The van der Waals surface area contributed by atoms with Gasteiger partial charge >= 0.3 is 5.97 Å². The van der Waals surface area contributed by atoms with Gasteiger partial charge < -0.3 is 4.74 Å². The van der Waals surface area contributed by atoms with Gasteiger partial charge in [0.15, 0.2) is 0 Å². The number of hydrogen-bond acceptors (Lipinski definition) is 2. The highest BCUT2D eigenvalue weighted by molar-refractivity contribution is 9.10. The van der Waals surface area contributed by atoms with Crippen LogP contribution in [0.15, 0.2) is 71.2 Å². The number of hydrogen-bond donors (Lipinski definition) is 0. The smallest absolute Gasteiger partial charge is 0.339 e. The first-order chi connectivity index (χ1) is 10.2. The molecule has 0 saturated carbocycles. The first-order valence-corrected chi connectivity index (χ1v) is 7.43. The Morgan fingerprint density at radius 2 is 1.62 bits per heavy atom. The molecule has 0 radical (unpaired) electrons. The van der Waals surface area contributed by atoms with Gasteiger partial charge in [-0.3, -0.25) is 0 Å². The molecule has 21 heavy (non-hydrogen) atoms. The summed E-state index contributed by atoms with van der Waals surface area (Å²) in [7, 11) is 0. The highest BCUT2D eigenvalue weighted by atomic mass is 79.9. The Balaban J connectivity index is 1.79. The molecule has 3 heteroatoms. The number of ether oxygens (including phenoxy) is 1. The number of carbonyl (C=O) groups is 1. The fourth-order valence-corrected chi connectivity index (χ4v) is 2.48. The number of fused-ring (bicyclic) bond motifs is 1. The second kappa shape index (κ2) is 6.10. The van der Waals surface area contributed by atoms with Gasteiger partial charge in [-0.15, -0.1) is 0 Å². The van der Waals surface area contributed by atoms with E-state index in [4.69, 9.17) is 4.74 Å². The van der Waals surface area contributed by atoms with Crippen LogP contribution in [0.4, 0.5) is 0 Å². The third-order valence-electron chi connectivity index (χ3n) is 3.29. The molecule has 0 fully saturated rings. The van der Waals surface area contributed by atoms with E-state index in [0.717, 1.165) is 20.8 Å². The maximum Gasteiger partial charge on any atom is 0.339 e. The molecule has 0 spiro atoms. The van der Waals surface area contributed by atoms with Crippen molar-refractivity contribution in [3.8, 4) is 0 Å². The molecule has 0 heterocycles. The predicted octanol–water partition coefficient (Wildman–Crippen LogP) is 4.96. The van der Waals surface area contributed by atoms with E-state index in [-0.39, 0.29) is 12.6 Å². The highest BCUT2D eigenvalue weighted by Gasteiger charge is 2.11. The average Bonchev–Trinajstić information content (AvgIpc) is 2.53. The summed E-state index contributed by atoms with van der Waals surface area (Å²) in [4.78, 5) is 12.3. The number of carbonyl (C=O) groups excluding carboxylic acids is 1. The van der Waals surface area contributed by atoms with Gasteiger partial charge in [0.25, 0.3) is 0 Å².